The molecule has 1 aromatic carbocycles. The quantitative estimate of drug-likeness (QED) is 0.511. The molecule has 13 heteroatoms. The van der Waals surface area contributed by atoms with E-state index in [0.717, 1.165) is 12.1 Å². The Morgan fingerprint density at radius 1 is 1.07 bits per heavy atom. The topological polar surface area (TPSA) is 76.9 Å². The van der Waals surface area contributed by atoms with Gasteiger partial charge in [0.15, 0.2) is 11.9 Å². The molecule has 7 nitrogen and oxygen atoms in total. The SMILES string of the molecule is CC1OC1Nc1cc2nnc(C(F)(F)F)n2nc1-c1ccc(OC(F)(F)F)cc1. The summed E-state index contributed by atoms with van der Waals surface area (Å²) in [5.41, 5.74) is 0.425. The van der Waals surface area contributed by atoms with Crippen molar-refractivity contribution in [1.82, 2.24) is 19.8 Å². The third kappa shape index (κ3) is 4.04. The Bertz CT molecular complexity index is 1050. The van der Waals surface area contributed by atoms with Crippen molar-refractivity contribution in [2.75, 3.05) is 5.32 Å². The summed E-state index contributed by atoms with van der Waals surface area (Å²) in [5.74, 6) is -1.80. The smallest absolute Gasteiger partial charge is 0.406 e. The molecular formula is C16H11F6N5O2. The van der Waals surface area contributed by atoms with Crippen molar-refractivity contribution in [2.45, 2.75) is 31.8 Å². The number of hydrogen-bond acceptors (Lipinski definition) is 6. The molecule has 0 aliphatic carbocycles. The first-order valence-corrected chi connectivity index (χ1v) is 8.13. The summed E-state index contributed by atoms with van der Waals surface area (Å²) in [6, 6.07) is 5.86. The molecule has 1 N–H and O–H groups in total. The van der Waals surface area contributed by atoms with Gasteiger partial charge in [-0.1, -0.05) is 0 Å². The molecule has 0 saturated carbocycles. The average molecular weight is 419 g/mol. The van der Waals surface area contributed by atoms with Gasteiger partial charge >= 0.3 is 12.5 Å². The van der Waals surface area contributed by atoms with Crippen molar-refractivity contribution in [3.05, 3.63) is 36.2 Å². The van der Waals surface area contributed by atoms with Gasteiger partial charge in [0.05, 0.1) is 5.69 Å². The van der Waals surface area contributed by atoms with Crippen LogP contribution < -0.4 is 10.1 Å². The number of ether oxygens (including phenoxy) is 2. The summed E-state index contributed by atoms with van der Waals surface area (Å²) < 4.78 is 86.0. The number of benzene rings is 1. The van der Waals surface area contributed by atoms with Gasteiger partial charge < -0.3 is 14.8 Å². The molecular weight excluding hydrogens is 408 g/mol. The number of epoxide rings is 1. The van der Waals surface area contributed by atoms with Crippen molar-refractivity contribution in [3.8, 4) is 17.0 Å². The summed E-state index contributed by atoms with van der Waals surface area (Å²) in [4.78, 5) is 0. The number of nitrogens with zero attached hydrogens (tertiary/aromatic N) is 4. The predicted octanol–water partition coefficient (Wildman–Crippen LogP) is 3.87. The maximum absolute atomic E-state index is 13.1. The zero-order chi connectivity index (χ0) is 21.0. The van der Waals surface area contributed by atoms with Gasteiger partial charge in [-0.2, -0.15) is 22.8 Å². The molecule has 3 heterocycles. The molecule has 0 radical (unpaired) electrons. The summed E-state index contributed by atoms with van der Waals surface area (Å²) in [6.45, 7) is 1.78. The second kappa shape index (κ2) is 6.47. The molecule has 0 amide bonds. The third-order valence-corrected chi connectivity index (χ3v) is 4.02. The van der Waals surface area contributed by atoms with Gasteiger partial charge in [0, 0.05) is 11.6 Å². The second-order valence-electron chi connectivity index (χ2n) is 6.18. The van der Waals surface area contributed by atoms with E-state index in [9.17, 15) is 26.3 Å². The number of hydrogen-bond donors (Lipinski definition) is 1. The Morgan fingerprint density at radius 3 is 2.28 bits per heavy atom. The van der Waals surface area contributed by atoms with E-state index in [1.807, 2.05) is 0 Å². The normalized spacial score (nSPS) is 19.4. The predicted molar refractivity (Wildman–Crippen MR) is 85.9 cm³/mol. The van der Waals surface area contributed by atoms with Gasteiger partial charge in [0.1, 0.15) is 17.5 Å². The molecule has 4 rings (SSSR count). The maximum Gasteiger partial charge on any atom is 0.573 e. The lowest BCUT2D eigenvalue weighted by Crippen LogP contribution is -2.17. The van der Waals surface area contributed by atoms with Crippen LogP contribution in [0, 0.1) is 0 Å². The highest BCUT2D eigenvalue weighted by Gasteiger charge is 2.39. The van der Waals surface area contributed by atoms with Crippen molar-refractivity contribution < 1.29 is 35.8 Å². The van der Waals surface area contributed by atoms with Crippen LogP contribution in [-0.4, -0.2) is 38.5 Å². The lowest BCUT2D eigenvalue weighted by atomic mass is 10.1. The van der Waals surface area contributed by atoms with Gasteiger partial charge in [-0.05, 0) is 31.2 Å². The molecule has 2 unspecified atom stereocenters. The first kappa shape index (κ1) is 19.2. The van der Waals surface area contributed by atoms with E-state index in [-0.39, 0.29) is 34.9 Å². The van der Waals surface area contributed by atoms with Crippen LogP contribution in [0.1, 0.15) is 12.7 Å². The summed E-state index contributed by atoms with van der Waals surface area (Å²) in [7, 11) is 0. The highest BCUT2D eigenvalue weighted by molar-refractivity contribution is 5.77. The van der Waals surface area contributed by atoms with E-state index in [4.69, 9.17) is 4.74 Å². The van der Waals surface area contributed by atoms with Gasteiger partial charge in [-0.15, -0.1) is 23.4 Å². The highest BCUT2D eigenvalue weighted by Crippen LogP contribution is 2.34. The van der Waals surface area contributed by atoms with Crippen LogP contribution in [0.4, 0.5) is 32.0 Å². The van der Waals surface area contributed by atoms with Gasteiger partial charge in [0.2, 0.25) is 0 Å². The molecule has 0 bridgehead atoms. The zero-order valence-electron chi connectivity index (χ0n) is 14.4. The fourth-order valence-electron chi connectivity index (χ4n) is 2.64. The van der Waals surface area contributed by atoms with Gasteiger partial charge in [-0.25, -0.2) is 0 Å². The number of alkyl halides is 6. The zero-order valence-corrected chi connectivity index (χ0v) is 14.4. The van der Waals surface area contributed by atoms with Crippen LogP contribution in [0.15, 0.2) is 30.3 Å². The molecule has 29 heavy (non-hydrogen) atoms. The fourth-order valence-corrected chi connectivity index (χ4v) is 2.64. The third-order valence-electron chi connectivity index (χ3n) is 4.02. The Labute approximate surface area is 158 Å². The van der Waals surface area contributed by atoms with Crippen molar-refractivity contribution in [3.63, 3.8) is 0 Å². The van der Waals surface area contributed by atoms with E-state index >= 15 is 0 Å². The van der Waals surface area contributed by atoms with Crippen LogP contribution in [0.25, 0.3) is 16.9 Å². The van der Waals surface area contributed by atoms with E-state index in [1.54, 1.807) is 6.92 Å². The first-order valence-electron chi connectivity index (χ1n) is 8.13. The van der Waals surface area contributed by atoms with Crippen molar-refractivity contribution in [1.29, 1.82) is 0 Å². The van der Waals surface area contributed by atoms with Crippen LogP contribution in [0.3, 0.4) is 0 Å². The largest absolute Gasteiger partial charge is 0.573 e. The number of halogens is 6. The monoisotopic (exact) mass is 419 g/mol. The number of aromatic nitrogens is 4. The maximum atomic E-state index is 13.1. The van der Waals surface area contributed by atoms with Crippen LogP contribution in [0.5, 0.6) is 5.75 Å². The van der Waals surface area contributed by atoms with Gasteiger partial charge in [0.25, 0.3) is 5.82 Å². The Morgan fingerprint density at radius 2 is 1.72 bits per heavy atom. The molecule has 154 valence electrons. The number of fused-ring (bicyclic) bond motifs is 1. The van der Waals surface area contributed by atoms with E-state index in [2.05, 4.69) is 25.3 Å². The van der Waals surface area contributed by atoms with Crippen LogP contribution >= 0.6 is 0 Å². The Hall–Kier alpha value is -3.09. The summed E-state index contributed by atoms with van der Waals surface area (Å²) in [5, 5.41) is 13.6. The summed E-state index contributed by atoms with van der Waals surface area (Å²) >= 11 is 0. The Kier molecular flexibility index (Phi) is 4.29. The Balaban J connectivity index is 1.78. The second-order valence-corrected chi connectivity index (χ2v) is 6.18. The number of anilines is 1. The first-order chi connectivity index (χ1) is 13.5. The fraction of sp³-hybridized carbons (Fsp3) is 0.312. The molecule has 2 atom stereocenters. The van der Waals surface area contributed by atoms with Crippen molar-refractivity contribution in [2.24, 2.45) is 0 Å². The molecule has 2 aromatic heterocycles. The number of rotatable bonds is 4. The van der Waals surface area contributed by atoms with Crippen LogP contribution in [-0.2, 0) is 10.9 Å². The molecule has 1 saturated heterocycles. The minimum absolute atomic E-state index is 0.0454. The van der Waals surface area contributed by atoms with Crippen molar-refractivity contribution >= 4 is 11.3 Å². The van der Waals surface area contributed by atoms with Gasteiger partial charge in [-0.3, -0.25) is 0 Å². The highest BCUT2D eigenvalue weighted by atomic mass is 19.4. The minimum Gasteiger partial charge on any atom is -0.406 e. The molecule has 1 aliphatic rings. The lowest BCUT2D eigenvalue weighted by Gasteiger charge is -2.13. The van der Waals surface area contributed by atoms with E-state index < -0.39 is 24.1 Å². The lowest BCUT2D eigenvalue weighted by molar-refractivity contribution is -0.274. The minimum atomic E-state index is -4.87. The molecule has 1 aliphatic heterocycles. The standard InChI is InChI=1S/C16H11F6N5O2/c1-7-13(28-7)23-10-6-11-24-25-14(15(17,18)19)27(11)26-12(10)8-2-4-9(5-3-8)29-16(20,21)22/h2-7,13,23H,1H3. The average Bonchev–Trinajstić information content (AvgIpc) is 3.12. The summed E-state index contributed by atoms with van der Waals surface area (Å²) in [6.07, 6.45) is -10.2. The van der Waals surface area contributed by atoms with Crippen LogP contribution in [0.2, 0.25) is 0 Å². The van der Waals surface area contributed by atoms with E-state index in [1.165, 1.54) is 18.2 Å². The number of nitrogens with one attached hydrogen (secondary N) is 1. The van der Waals surface area contributed by atoms with E-state index in [0.29, 0.717) is 4.52 Å². The molecule has 0 spiro atoms. The molecule has 1 fully saturated rings. The molecule has 3 aromatic rings.